The zero-order chi connectivity index (χ0) is 13.3. The van der Waals surface area contributed by atoms with Gasteiger partial charge < -0.3 is 5.73 Å². The summed E-state index contributed by atoms with van der Waals surface area (Å²) >= 11 is 5.98. The molecular weight excluding hydrogens is 272 g/mol. The molecule has 0 amide bonds. The van der Waals surface area contributed by atoms with Gasteiger partial charge in [0.2, 0.25) is 10.0 Å². The maximum atomic E-state index is 12.5. The first-order valence-electron chi connectivity index (χ1n) is 5.94. The van der Waals surface area contributed by atoms with Crippen LogP contribution in [0.2, 0.25) is 5.02 Å². The van der Waals surface area contributed by atoms with Gasteiger partial charge in [0.25, 0.3) is 0 Å². The van der Waals surface area contributed by atoms with Crippen LogP contribution in [0.3, 0.4) is 0 Å². The monoisotopic (exact) mass is 288 g/mol. The SMILES string of the molecule is Cc1c(Cl)cccc1S(=O)(=O)N1CCC[C@@H](N)C1. The number of benzene rings is 1. The molecule has 0 aromatic heterocycles. The van der Waals surface area contributed by atoms with Crippen molar-refractivity contribution >= 4 is 21.6 Å². The van der Waals surface area contributed by atoms with E-state index in [4.69, 9.17) is 17.3 Å². The highest BCUT2D eigenvalue weighted by atomic mass is 35.5. The molecule has 1 heterocycles. The van der Waals surface area contributed by atoms with Crippen LogP contribution in [0, 0.1) is 6.92 Å². The number of halogens is 1. The van der Waals surface area contributed by atoms with E-state index in [1.54, 1.807) is 25.1 Å². The van der Waals surface area contributed by atoms with E-state index in [1.807, 2.05) is 0 Å². The molecule has 1 fully saturated rings. The van der Waals surface area contributed by atoms with Crippen LogP contribution < -0.4 is 5.73 Å². The van der Waals surface area contributed by atoms with Crippen LogP contribution in [0.4, 0.5) is 0 Å². The smallest absolute Gasteiger partial charge is 0.243 e. The van der Waals surface area contributed by atoms with E-state index in [0.717, 1.165) is 12.8 Å². The molecule has 0 bridgehead atoms. The first-order valence-corrected chi connectivity index (χ1v) is 7.75. The fraction of sp³-hybridized carbons (Fsp3) is 0.500. The summed E-state index contributed by atoms with van der Waals surface area (Å²) in [5, 5.41) is 0.470. The fourth-order valence-corrected chi connectivity index (χ4v) is 4.21. The molecule has 6 heteroatoms. The first-order chi connectivity index (χ1) is 8.43. The van der Waals surface area contributed by atoms with Crippen molar-refractivity contribution in [3.63, 3.8) is 0 Å². The summed E-state index contributed by atoms with van der Waals surface area (Å²) in [6.07, 6.45) is 1.68. The second-order valence-corrected chi connectivity index (χ2v) is 6.94. The predicted molar refractivity (Wildman–Crippen MR) is 72.2 cm³/mol. The van der Waals surface area contributed by atoms with Gasteiger partial charge in [-0.2, -0.15) is 4.31 Å². The molecule has 100 valence electrons. The topological polar surface area (TPSA) is 63.4 Å². The second-order valence-electron chi connectivity index (χ2n) is 4.63. The molecule has 1 atom stereocenters. The third-order valence-electron chi connectivity index (χ3n) is 3.26. The predicted octanol–water partition coefficient (Wildman–Crippen LogP) is 1.76. The van der Waals surface area contributed by atoms with Gasteiger partial charge in [-0.3, -0.25) is 0 Å². The summed E-state index contributed by atoms with van der Waals surface area (Å²) in [5.74, 6) is 0. The highest BCUT2D eigenvalue weighted by Crippen LogP contribution is 2.27. The summed E-state index contributed by atoms with van der Waals surface area (Å²) in [6, 6.07) is 4.87. The third-order valence-corrected chi connectivity index (χ3v) is 5.68. The van der Waals surface area contributed by atoms with Gasteiger partial charge in [0.1, 0.15) is 0 Å². The number of piperidine rings is 1. The number of nitrogens with two attached hydrogens (primary N) is 1. The second kappa shape index (κ2) is 5.17. The highest BCUT2D eigenvalue weighted by molar-refractivity contribution is 7.89. The molecule has 0 aliphatic carbocycles. The Balaban J connectivity index is 2.39. The van der Waals surface area contributed by atoms with Crippen molar-refractivity contribution in [2.24, 2.45) is 5.73 Å². The van der Waals surface area contributed by atoms with Crippen molar-refractivity contribution in [2.75, 3.05) is 13.1 Å². The van der Waals surface area contributed by atoms with E-state index in [0.29, 0.717) is 23.7 Å². The van der Waals surface area contributed by atoms with Crippen molar-refractivity contribution in [2.45, 2.75) is 30.7 Å². The number of hydrogen-bond acceptors (Lipinski definition) is 3. The lowest BCUT2D eigenvalue weighted by Crippen LogP contribution is -2.45. The molecule has 1 saturated heterocycles. The van der Waals surface area contributed by atoms with Crippen molar-refractivity contribution in [3.05, 3.63) is 28.8 Å². The maximum absolute atomic E-state index is 12.5. The summed E-state index contributed by atoms with van der Waals surface area (Å²) in [4.78, 5) is 0.282. The quantitative estimate of drug-likeness (QED) is 0.902. The van der Waals surface area contributed by atoms with Gasteiger partial charge in [0.05, 0.1) is 4.90 Å². The Morgan fingerprint density at radius 1 is 1.44 bits per heavy atom. The van der Waals surface area contributed by atoms with Crippen LogP contribution in [0.15, 0.2) is 23.1 Å². The minimum atomic E-state index is -3.48. The van der Waals surface area contributed by atoms with Gasteiger partial charge in [-0.25, -0.2) is 8.42 Å². The number of nitrogens with zero attached hydrogens (tertiary/aromatic N) is 1. The molecule has 2 N–H and O–H groups in total. The Hall–Kier alpha value is -0.620. The van der Waals surface area contributed by atoms with Crippen molar-refractivity contribution in [1.82, 2.24) is 4.31 Å². The Morgan fingerprint density at radius 2 is 2.17 bits per heavy atom. The third kappa shape index (κ3) is 2.54. The van der Waals surface area contributed by atoms with Crippen LogP contribution in [0.5, 0.6) is 0 Å². The Bertz CT molecular complexity index is 545. The van der Waals surface area contributed by atoms with Crippen molar-refractivity contribution < 1.29 is 8.42 Å². The Morgan fingerprint density at radius 3 is 2.83 bits per heavy atom. The Kier molecular flexibility index (Phi) is 3.96. The van der Waals surface area contributed by atoms with Crippen molar-refractivity contribution in [1.29, 1.82) is 0 Å². The average molecular weight is 289 g/mol. The van der Waals surface area contributed by atoms with Crippen LogP contribution in [0.1, 0.15) is 18.4 Å². The molecule has 4 nitrogen and oxygen atoms in total. The van der Waals surface area contributed by atoms with E-state index in [1.165, 1.54) is 4.31 Å². The minimum Gasteiger partial charge on any atom is -0.327 e. The molecule has 1 aromatic carbocycles. The van der Waals surface area contributed by atoms with Gasteiger partial charge in [-0.1, -0.05) is 17.7 Å². The minimum absolute atomic E-state index is 0.0759. The fourth-order valence-electron chi connectivity index (χ4n) is 2.20. The van der Waals surface area contributed by atoms with Crippen LogP contribution in [-0.4, -0.2) is 31.9 Å². The number of hydrogen-bond donors (Lipinski definition) is 1. The van der Waals surface area contributed by atoms with Gasteiger partial charge in [-0.15, -0.1) is 0 Å². The molecule has 1 aliphatic rings. The largest absolute Gasteiger partial charge is 0.327 e. The van der Waals surface area contributed by atoms with Gasteiger partial charge in [0.15, 0.2) is 0 Å². The van der Waals surface area contributed by atoms with E-state index in [-0.39, 0.29) is 10.9 Å². The maximum Gasteiger partial charge on any atom is 0.243 e. The van der Waals surface area contributed by atoms with Gasteiger partial charge in [-0.05, 0) is 37.5 Å². The average Bonchev–Trinajstić information content (AvgIpc) is 2.32. The van der Waals surface area contributed by atoms with Crippen LogP contribution in [0.25, 0.3) is 0 Å². The summed E-state index contributed by atoms with van der Waals surface area (Å²) in [6.45, 7) is 2.63. The zero-order valence-corrected chi connectivity index (χ0v) is 11.8. The molecule has 0 spiro atoms. The molecule has 0 unspecified atom stereocenters. The van der Waals surface area contributed by atoms with Gasteiger partial charge >= 0.3 is 0 Å². The van der Waals surface area contributed by atoms with E-state index >= 15 is 0 Å². The molecule has 18 heavy (non-hydrogen) atoms. The standard InChI is InChI=1S/C12H17ClN2O2S/c1-9-11(13)5-2-6-12(9)18(16,17)15-7-3-4-10(14)8-15/h2,5-6,10H,3-4,7-8,14H2,1H3/t10-/m1/s1. The lowest BCUT2D eigenvalue weighted by atomic mass is 10.1. The summed E-state index contributed by atoms with van der Waals surface area (Å²) in [7, 11) is -3.48. The number of rotatable bonds is 2. The first kappa shape index (κ1) is 13.8. The summed E-state index contributed by atoms with van der Waals surface area (Å²) in [5.41, 5.74) is 6.43. The van der Waals surface area contributed by atoms with Crippen LogP contribution >= 0.6 is 11.6 Å². The zero-order valence-electron chi connectivity index (χ0n) is 10.3. The highest BCUT2D eigenvalue weighted by Gasteiger charge is 2.30. The molecule has 1 aromatic rings. The van der Waals surface area contributed by atoms with E-state index < -0.39 is 10.0 Å². The summed E-state index contributed by atoms with van der Waals surface area (Å²) < 4.78 is 26.5. The van der Waals surface area contributed by atoms with Gasteiger partial charge in [0, 0.05) is 24.2 Å². The van der Waals surface area contributed by atoms with Crippen LogP contribution in [-0.2, 0) is 10.0 Å². The number of sulfonamides is 1. The van der Waals surface area contributed by atoms with E-state index in [2.05, 4.69) is 0 Å². The van der Waals surface area contributed by atoms with Crippen molar-refractivity contribution in [3.8, 4) is 0 Å². The molecule has 1 aliphatic heterocycles. The normalized spacial score (nSPS) is 22.1. The van der Waals surface area contributed by atoms with E-state index in [9.17, 15) is 8.42 Å². The lowest BCUT2D eigenvalue weighted by molar-refractivity contribution is 0.316. The molecule has 0 radical (unpaired) electrons. The molecular formula is C12H17ClN2O2S. The molecule has 2 rings (SSSR count). The lowest BCUT2D eigenvalue weighted by Gasteiger charge is -2.30. The molecule has 0 saturated carbocycles. The Labute approximate surface area is 113 Å².